The first-order valence-corrected chi connectivity index (χ1v) is 6.22. The van der Waals surface area contributed by atoms with Gasteiger partial charge in [0.2, 0.25) is 11.8 Å². The Balaban J connectivity index is 2.69. The molecule has 18 heavy (non-hydrogen) atoms. The van der Waals surface area contributed by atoms with E-state index in [2.05, 4.69) is 28.0 Å². The van der Waals surface area contributed by atoms with Crippen LogP contribution in [0.2, 0.25) is 0 Å². The molecule has 0 spiro atoms. The fourth-order valence-corrected chi connectivity index (χ4v) is 1.97. The number of thiol groups is 1. The topological polar surface area (TPSA) is 82.1 Å². The lowest BCUT2D eigenvalue weighted by molar-refractivity contribution is -0.137. The Morgan fingerprint density at radius 1 is 1.28 bits per heavy atom. The van der Waals surface area contributed by atoms with Crippen LogP contribution < -0.4 is 5.32 Å². The van der Waals surface area contributed by atoms with E-state index in [9.17, 15) is 14.5 Å². The molecular formula is C10H18N4O3S. The molecule has 2 atom stereocenters. The lowest BCUT2D eigenvalue weighted by Gasteiger charge is -2.34. The van der Waals surface area contributed by atoms with Gasteiger partial charge in [-0.25, -0.2) is 0 Å². The number of piperazine rings is 1. The van der Waals surface area contributed by atoms with Crippen molar-refractivity contribution in [3.8, 4) is 0 Å². The molecule has 0 saturated carbocycles. The van der Waals surface area contributed by atoms with Crippen LogP contribution in [0.4, 0.5) is 0 Å². The van der Waals surface area contributed by atoms with Gasteiger partial charge in [0.25, 0.3) is 0 Å². The summed E-state index contributed by atoms with van der Waals surface area (Å²) >= 11 is 3.92. The van der Waals surface area contributed by atoms with Gasteiger partial charge in [-0.15, -0.1) is 17.5 Å². The summed E-state index contributed by atoms with van der Waals surface area (Å²) in [6, 6.07) is -0.994. The molecule has 102 valence electrons. The summed E-state index contributed by atoms with van der Waals surface area (Å²) in [7, 11) is 1.97. The largest absolute Gasteiger partial charge is 0.342 e. The van der Waals surface area contributed by atoms with Crippen LogP contribution in [0.1, 0.15) is 6.92 Å². The van der Waals surface area contributed by atoms with Crippen molar-refractivity contribution in [3.63, 3.8) is 0 Å². The van der Waals surface area contributed by atoms with E-state index in [0.29, 0.717) is 13.1 Å². The van der Waals surface area contributed by atoms with Gasteiger partial charge >= 0.3 is 0 Å². The van der Waals surface area contributed by atoms with Crippen molar-refractivity contribution < 1.29 is 9.59 Å². The first-order chi connectivity index (χ1) is 8.45. The zero-order valence-electron chi connectivity index (χ0n) is 10.5. The molecule has 0 aliphatic carbocycles. The monoisotopic (exact) mass is 274 g/mol. The molecule has 1 rings (SSSR count). The van der Waals surface area contributed by atoms with Gasteiger partial charge in [-0.2, -0.15) is 0 Å². The summed E-state index contributed by atoms with van der Waals surface area (Å²) in [6.07, 6.45) is 0. The van der Waals surface area contributed by atoms with E-state index in [1.54, 1.807) is 4.90 Å². The minimum atomic E-state index is -1.07. The Morgan fingerprint density at radius 3 is 2.28 bits per heavy atom. The zero-order valence-corrected chi connectivity index (χ0v) is 11.4. The highest BCUT2D eigenvalue weighted by atomic mass is 32.1. The summed E-state index contributed by atoms with van der Waals surface area (Å²) in [5.41, 5.74) is 0. The molecule has 1 aliphatic heterocycles. The predicted octanol–water partition coefficient (Wildman–Crippen LogP) is -0.713. The minimum absolute atomic E-state index is 0.307. The van der Waals surface area contributed by atoms with Crippen molar-refractivity contribution in [1.82, 2.24) is 15.1 Å². The maximum absolute atomic E-state index is 12.2. The predicted molar refractivity (Wildman–Crippen MR) is 70.3 cm³/mol. The highest BCUT2D eigenvalue weighted by molar-refractivity contribution is 7.81. The van der Waals surface area contributed by atoms with Gasteiger partial charge in [0.15, 0.2) is 5.37 Å². The van der Waals surface area contributed by atoms with Gasteiger partial charge in [-0.1, -0.05) is 5.18 Å². The third kappa shape index (κ3) is 3.95. The van der Waals surface area contributed by atoms with Crippen molar-refractivity contribution in [1.29, 1.82) is 0 Å². The SMILES string of the molecule is CC(=O)NC(C(=O)N1CCN(C)CC1)[C@@H](S)N=O. The molecule has 0 radical (unpaired) electrons. The highest BCUT2D eigenvalue weighted by Crippen LogP contribution is 2.10. The Hall–Kier alpha value is -1.15. The Kier molecular flexibility index (Phi) is 5.54. The van der Waals surface area contributed by atoms with E-state index in [1.807, 2.05) is 7.05 Å². The molecule has 1 heterocycles. The summed E-state index contributed by atoms with van der Waals surface area (Å²) in [5.74, 6) is -0.692. The van der Waals surface area contributed by atoms with E-state index in [4.69, 9.17) is 0 Å². The number of nitrogens with one attached hydrogen (secondary N) is 1. The summed E-state index contributed by atoms with van der Waals surface area (Å²) in [4.78, 5) is 37.5. The molecule has 1 unspecified atom stereocenters. The number of nitroso groups, excluding NO2 is 1. The van der Waals surface area contributed by atoms with Gasteiger partial charge in [-0.05, 0) is 7.05 Å². The average Bonchev–Trinajstić information content (AvgIpc) is 2.35. The molecule has 2 amide bonds. The van der Waals surface area contributed by atoms with E-state index in [-0.39, 0.29) is 11.8 Å². The third-order valence-electron chi connectivity index (χ3n) is 2.85. The molecule has 8 heteroatoms. The van der Waals surface area contributed by atoms with Crippen LogP contribution in [-0.4, -0.2) is 66.3 Å². The molecule has 1 saturated heterocycles. The van der Waals surface area contributed by atoms with Gasteiger partial charge < -0.3 is 15.1 Å². The molecule has 0 aromatic rings. The average molecular weight is 274 g/mol. The lowest BCUT2D eigenvalue weighted by atomic mass is 10.2. The van der Waals surface area contributed by atoms with E-state index < -0.39 is 11.4 Å². The Bertz CT molecular complexity index is 331. The molecule has 1 N–H and O–H groups in total. The summed E-state index contributed by atoms with van der Waals surface area (Å²) in [6.45, 7) is 3.97. The second-order valence-corrected chi connectivity index (χ2v) is 4.85. The normalized spacial score (nSPS) is 20.1. The third-order valence-corrected chi connectivity index (χ3v) is 3.24. The number of hydrogen-bond acceptors (Lipinski definition) is 6. The second kappa shape index (κ2) is 6.69. The van der Waals surface area contributed by atoms with Crippen LogP contribution in [0, 0.1) is 4.91 Å². The van der Waals surface area contributed by atoms with Crippen LogP contribution in [-0.2, 0) is 9.59 Å². The lowest BCUT2D eigenvalue weighted by Crippen LogP contribution is -2.56. The van der Waals surface area contributed by atoms with Gasteiger partial charge in [-0.3, -0.25) is 9.59 Å². The van der Waals surface area contributed by atoms with E-state index in [0.717, 1.165) is 13.1 Å². The standard InChI is InChI=1S/C10H18N4O3S/c1-7(15)11-8(9(18)12-17)10(16)14-5-3-13(2)4-6-14/h8-9,18H,3-6H2,1-2H3,(H,11,15)/t8?,9-/m1/s1. The van der Waals surface area contributed by atoms with Crippen LogP contribution >= 0.6 is 12.6 Å². The van der Waals surface area contributed by atoms with Crippen LogP contribution in [0.15, 0.2) is 5.18 Å². The zero-order chi connectivity index (χ0) is 13.7. The first kappa shape index (κ1) is 14.9. The number of rotatable bonds is 4. The number of amides is 2. The smallest absolute Gasteiger partial charge is 0.248 e. The fraction of sp³-hybridized carbons (Fsp3) is 0.800. The van der Waals surface area contributed by atoms with Gasteiger partial charge in [0, 0.05) is 33.1 Å². The van der Waals surface area contributed by atoms with Crippen LogP contribution in [0.5, 0.6) is 0 Å². The van der Waals surface area contributed by atoms with Gasteiger partial charge in [0.05, 0.1) is 0 Å². The van der Waals surface area contributed by atoms with E-state index in [1.165, 1.54) is 6.92 Å². The maximum Gasteiger partial charge on any atom is 0.248 e. The molecule has 0 aromatic carbocycles. The van der Waals surface area contributed by atoms with Crippen molar-refractivity contribution in [2.45, 2.75) is 18.3 Å². The maximum atomic E-state index is 12.2. The number of carbonyl (C=O) groups is 2. The second-order valence-electron chi connectivity index (χ2n) is 4.33. The van der Waals surface area contributed by atoms with Crippen molar-refractivity contribution >= 4 is 24.4 Å². The molecule has 1 fully saturated rings. The number of nitrogens with zero attached hydrogens (tertiary/aromatic N) is 3. The molecule has 0 bridgehead atoms. The molecule has 1 aliphatic rings. The molecule has 0 aromatic heterocycles. The quantitative estimate of drug-likeness (QED) is 0.524. The Labute approximate surface area is 111 Å². The first-order valence-electron chi connectivity index (χ1n) is 5.70. The van der Waals surface area contributed by atoms with Crippen LogP contribution in [0.3, 0.4) is 0 Å². The summed E-state index contributed by atoms with van der Waals surface area (Å²) in [5, 5.41) is 4.07. The molecule has 7 nitrogen and oxygen atoms in total. The Morgan fingerprint density at radius 2 is 1.83 bits per heavy atom. The number of carbonyl (C=O) groups excluding carboxylic acids is 2. The fourth-order valence-electron chi connectivity index (χ4n) is 1.77. The van der Waals surface area contributed by atoms with E-state index >= 15 is 0 Å². The molecular weight excluding hydrogens is 256 g/mol. The summed E-state index contributed by atoms with van der Waals surface area (Å²) < 4.78 is 0. The highest BCUT2D eigenvalue weighted by Gasteiger charge is 2.32. The van der Waals surface area contributed by atoms with Crippen molar-refractivity contribution in [2.24, 2.45) is 5.18 Å². The van der Waals surface area contributed by atoms with Crippen LogP contribution in [0.25, 0.3) is 0 Å². The van der Waals surface area contributed by atoms with Gasteiger partial charge in [0.1, 0.15) is 6.04 Å². The number of hydrogen-bond donors (Lipinski definition) is 2. The minimum Gasteiger partial charge on any atom is -0.342 e. The number of likely N-dealkylation sites (N-methyl/N-ethyl adjacent to an activating group) is 1. The van der Waals surface area contributed by atoms with Crippen molar-refractivity contribution in [3.05, 3.63) is 4.91 Å². The van der Waals surface area contributed by atoms with Crippen molar-refractivity contribution in [2.75, 3.05) is 33.2 Å².